The molecule has 0 aliphatic carbocycles. The van der Waals surface area contributed by atoms with E-state index < -0.39 is 0 Å². The monoisotopic (exact) mass is 278 g/mol. The second-order valence-corrected chi connectivity index (χ2v) is 5.46. The van der Waals surface area contributed by atoms with Crippen LogP contribution in [0.25, 0.3) is 0 Å². The first-order valence-electron chi connectivity index (χ1n) is 6.86. The van der Waals surface area contributed by atoms with Gasteiger partial charge in [-0.15, -0.1) is 0 Å². The molecular weight excluding hydrogens is 256 g/mol. The number of hydrogen-bond acceptors (Lipinski definition) is 4. The highest BCUT2D eigenvalue weighted by atomic mass is 16.5. The van der Waals surface area contributed by atoms with Crippen LogP contribution in [-0.2, 0) is 4.74 Å². The summed E-state index contributed by atoms with van der Waals surface area (Å²) in [4.78, 5) is 18.1. The van der Waals surface area contributed by atoms with Crippen LogP contribution in [0.1, 0.15) is 13.8 Å². The quantitative estimate of drug-likeness (QED) is 0.871. The number of urea groups is 1. The summed E-state index contributed by atoms with van der Waals surface area (Å²) >= 11 is 0. The standard InChI is InChI=1S/C14H22N4O2/c1-14(2,18-6-8-20-9-7-18)11-16-13(19)17-12-4-3-5-15-10-12/h3-5,10H,6-9,11H2,1-2H3,(H2,16,17,19). The van der Waals surface area contributed by atoms with Crippen molar-refractivity contribution >= 4 is 11.7 Å². The van der Waals surface area contributed by atoms with Crippen molar-refractivity contribution in [2.75, 3.05) is 38.2 Å². The fraction of sp³-hybridized carbons (Fsp3) is 0.571. The number of hydrogen-bond donors (Lipinski definition) is 2. The molecule has 2 heterocycles. The minimum absolute atomic E-state index is 0.0872. The number of aromatic nitrogens is 1. The first kappa shape index (κ1) is 14.7. The average molecular weight is 278 g/mol. The summed E-state index contributed by atoms with van der Waals surface area (Å²) in [7, 11) is 0. The van der Waals surface area contributed by atoms with Crippen molar-refractivity contribution in [2.45, 2.75) is 19.4 Å². The third kappa shape index (κ3) is 4.18. The number of nitrogens with one attached hydrogen (secondary N) is 2. The van der Waals surface area contributed by atoms with Gasteiger partial charge in [0.15, 0.2) is 0 Å². The maximum atomic E-state index is 11.8. The molecule has 20 heavy (non-hydrogen) atoms. The van der Waals surface area contributed by atoms with E-state index in [0.717, 1.165) is 26.3 Å². The summed E-state index contributed by atoms with van der Waals surface area (Å²) in [6, 6.07) is 3.38. The molecule has 1 fully saturated rings. The van der Waals surface area contributed by atoms with Gasteiger partial charge < -0.3 is 15.4 Å². The van der Waals surface area contributed by atoms with Crippen molar-refractivity contribution in [1.82, 2.24) is 15.2 Å². The van der Waals surface area contributed by atoms with Gasteiger partial charge in [-0.25, -0.2) is 4.79 Å². The molecule has 0 atom stereocenters. The molecule has 2 N–H and O–H groups in total. The fourth-order valence-electron chi connectivity index (χ4n) is 2.19. The highest BCUT2D eigenvalue weighted by Gasteiger charge is 2.28. The van der Waals surface area contributed by atoms with Crippen molar-refractivity contribution < 1.29 is 9.53 Å². The summed E-state index contributed by atoms with van der Waals surface area (Å²) in [6.45, 7) is 8.15. The van der Waals surface area contributed by atoms with Gasteiger partial charge in [0.1, 0.15) is 0 Å². The second-order valence-electron chi connectivity index (χ2n) is 5.46. The molecule has 1 saturated heterocycles. The number of rotatable bonds is 4. The lowest BCUT2D eigenvalue weighted by Crippen LogP contribution is -2.55. The van der Waals surface area contributed by atoms with E-state index in [1.807, 2.05) is 0 Å². The number of carbonyl (C=O) groups excluding carboxylic acids is 1. The molecule has 0 unspecified atom stereocenters. The van der Waals surface area contributed by atoms with Crippen LogP contribution < -0.4 is 10.6 Å². The van der Waals surface area contributed by atoms with Gasteiger partial charge in [0.05, 0.1) is 25.1 Å². The van der Waals surface area contributed by atoms with Gasteiger partial charge in [0.25, 0.3) is 0 Å². The molecular formula is C14H22N4O2. The van der Waals surface area contributed by atoms with Gasteiger partial charge in [0.2, 0.25) is 0 Å². The molecule has 1 aromatic rings. The van der Waals surface area contributed by atoms with E-state index in [0.29, 0.717) is 12.2 Å². The average Bonchev–Trinajstić information content (AvgIpc) is 2.47. The number of anilines is 1. The van der Waals surface area contributed by atoms with Crippen molar-refractivity contribution in [3.8, 4) is 0 Å². The third-order valence-corrected chi connectivity index (χ3v) is 3.47. The van der Waals surface area contributed by atoms with Gasteiger partial charge in [-0.05, 0) is 26.0 Å². The van der Waals surface area contributed by atoms with Crippen LogP contribution in [0, 0.1) is 0 Å². The van der Waals surface area contributed by atoms with Crippen molar-refractivity contribution in [2.24, 2.45) is 0 Å². The van der Waals surface area contributed by atoms with Crippen molar-refractivity contribution in [3.63, 3.8) is 0 Å². The van der Waals surface area contributed by atoms with Gasteiger partial charge in [-0.2, -0.15) is 0 Å². The second kappa shape index (κ2) is 6.67. The zero-order valence-electron chi connectivity index (χ0n) is 12.1. The molecule has 1 aromatic heterocycles. The minimum Gasteiger partial charge on any atom is -0.379 e. The number of morpholine rings is 1. The van der Waals surface area contributed by atoms with Crippen LogP contribution in [0.15, 0.2) is 24.5 Å². The van der Waals surface area contributed by atoms with E-state index in [9.17, 15) is 4.79 Å². The van der Waals surface area contributed by atoms with Gasteiger partial charge in [0, 0.05) is 31.4 Å². The van der Waals surface area contributed by atoms with Crippen LogP contribution >= 0.6 is 0 Å². The predicted octanol–water partition coefficient (Wildman–Crippen LogP) is 1.31. The Balaban J connectivity index is 1.80. The van der Waals surface area contributed by atoms with E-state index in [2.05, 4.69) is 34.4 Å². The Morgan fingerprint density at radius 2 is 2.20 bits per heavy atom. The summed E-state index contributed by atoms with van der Waals surface area (Å²) < 4.78 is 5.35. The van der Waals surface area contributed by atoms with Crippen LogP contribution in [0.5, 0.6) is 0 Å². The van der Waals surface area contributed by atoms with Crippen LogP contribution in [-0.4, -0.2) is 54.3 Å². The first-order valence-corrected chi connectivity index (χ1v) is 6.86. The fourth-order valence-corrected chi connectivity index (χ4v) is 2.19. The van der Waals surface area contributed by atoms with Gasteiger partial charge in [-0.3, -0.25) is 9.88 Å². The Bertz CT molecular complexity index is 430. The first-order chi connectivity index (χ1) is 9.58. The molecule has 110 valence electrons. The molecule has 1 aliphatic rings. The molecule has 0 saturated carbocycles. The van der Waals surface area contributed by atoms with Crippen LogP contribution in [0.2, 0.25) is 0 Å². The Morgan fingerprint density at radius 3 is 2.85 bits per heavy atom. The Morgan fingerprint density at radius 1 is 1.45 bits per heavy atom. The Hall–Kier alpha value is -1.66. The number of ether oxygens (including phenoxy) is 1. The van der Waals surface area contributed by atoms with E-state index in [1.165, 1.54) is 0 Å². The topological polar surface area (TPSA) is 66.5 Å². The molecule has 2 amide bonds. The van der Waals surface area contributed by atoms with Crippen molar-refractivity contribution in [1.29, 1.82) is 0 Å². The van der Waals surface area contributed by atoms with E-state index in [-0.39, 0.29) is 11.6 Å². The lowest BCUT2D eigenvalue weighted by Gasteiger charge is -2.40. The van der Waals surface area contributed by atoms with E-state index in [1.54, 1.807) is 24.5 Å². The third-order valence-electron chi connectivity index (χ3n) is 3.47. The number of pyridine rings is 1. The Labute approximate surface area is 119 Å². The highest BCUT2D eigenvalue weighted by Crippen LogP contribution is 2.15. The molecule has 0 radical (unpaired) electrons. The Kier molecular flexibility index (Phi) is 4.92. The van der Waals surface area contributed by atoms with Crippen molar-refractivity contribution in [3.05, 3.63) is 24.5 Å². The molecule has 6 heteroatoms. The maximum absolute atomic E-state index is 11.8. The molecule has 0 bridgehead atoms. The largest absolute Gasteiger partial charge is 0.379 e. The lowest BCUT2D eigenvalue weighted by atomic mass is 10.0. The molecule has 0 spiro atoms. The minimum atomic E-state index is -0.209. The normalized spacial score (nSPS) is 16.7. The lowest BCUT2D eigenvalue weighted by molar-refractivity contribution is -0.00863. The van der Waals surface area contributed by atoms with Crippen LogP contribution in [0.4, 0.5) is 10.5 Å². The highest BCUT2D eigenvalue weighted by molar-refractivity contribution is 5.88. The predicted molar refractivity (Wildman–Crippen MR) is 77.7 cm³/mol. The smallest absolute Gasteiger partial charge is 0.319 e. The number of nitrogens with zero attached hydrogens (tertiary/aromatic N) is 2. The number of carbonyl (C=O) groups is 1. The summed E-state index contributed by atoms with van der Waals surface area (Å²) in [5.41, 5.74) is 0.602. The van der Waals surface area contributed by atoms with Crippen LogP contribution in [0.3, 0.4) is 0 Å². The molecule has 1 aliphatic heterocycles. The summed E-state index contributed by atoms with van der Waals surface area (Å²) in [5, 5.41) is 5.67. The van der Waals surface area contributed by atoms with E-state index in [4.69, 9.17) is 4.74 Å². The van der Waals surface area contributed by atoms with Gasteiger partial charge >= 0.3 is 6.03 Å². The number of amides is 2. The summed E-state index contributed by atoms with van der Waals surface area (Å²) in [5.74, 6) is 0. The molecule has 6 nitrogen and oxygen atoms in total. The van der Waals surface area contributed by atoms with E-state index >= 15 is 0 Å². The zero-order valence-corrected chi connectivity index (χ0v) is 12.1. The molecule has 2 rings (SSSR count). The SMILES string of the molecule is CC(C)(CNC(=O)Nc1cccnc1)N1CCOCC1. The zero-order chi connectivity index (χ0) is 14.4. The maximum Gasteiger partial charge on any atom is 0.319 e. The molecule has 0 aromatic carbocycles. The summed E-state index contributed by atoms with van der Waals surface area (Å²) in [6.07, 6.45) is 3.29. The van der Waals surface area contributed by atoms with Gasteiger partial charge in [-0.1, -0.05) is 0 Å².